The van der Waals surface area contributed by atoms with E-state index in [1.54, 1.807) is 31.4 Å². The Hall–Kier alpha value is -3.10. The molecule has 8 nitrogen and oxygen atoms in total. The number of hydrogen-bond acceptors (Lipinski definition) is 6. The molecule has 34 heavy (non-hydrogen) atoms. The molecule has 2 amide bonds. The minimum atomic E-state index is -0.367. The van der Waals surface area contributed by atoms with Crippen LogP contribution in [0.25, 0.3) is 0 Å². The average Bonchev–Trinajstić information content (AvgIpc) is 3.43. The van der Waals surface area contributed by atoms with E-state index in [0.717, 1.165) is 57.7 Å². The van der Waals surface area contributed by atoms with Gasteiger partial charge in [0.25, 0.3) is 11.8 Å². The van der Waals surface area contributed by atoms with Gasteiger partial charge in [0.2, 0.25) is 0 Å². The topological polar surface area (TPSA) is 83.1 Å². The van der Waals surface area contributed by atoms with Crippen molar-refractivity contribution in [3.8, 4) is 5.75 Å². The fourth-order valence-corrected chi connectivity index (χ4v) is 4.34. The van der Waals surface area contributed by atoms with Crippen molar-refractivity contribution in [2.75, 3.05) is 63.2 Å². The summed E-state index contributed by atoms with van der Waals surface area (Å²) in [5.74, 6) is 0.655. The molecule has 0 saturated carbocycles. The highest BCUT2D eigenvalue weighted by Crippen LogP contribution is 2.20. The van der Waals surface area contributed by atoms with Gasteiger partial charge in [-0.25, -0.2) is 0 Å². The molecule has 2 fully saturated rings. The fraction of sp³-hybridized carbons (Fsp3) is 0.462. The zero-order valence-electron chi connectivity index (χ0n) is 19.8. The molecule has 2 aromatic rings. The molecular weight excluding hydrogens is 432 g/mol. The van der Waals surface area contributed by atoms with Gasteiger partial charge in [0.05, 0.1) is 7.11 Å². The number of nitrogens with one attached hydrogen (secondary N) is 2. The van der Waals surface area contributed by atoms with Crippen LogP contribution in [0.1, 0.15) is 29.6 Å². The second-order valence-corrected chi connectivity index (χ2v) is 8.70. The van der Waals surface area contributed by atoms with Crippen molar-refractivity contribution < 1.29 is 19.1 Å². The number of nitrogens with zero attached hydrogens (tertiary/aromatic N) is 2. The van der Waals surface area contributed by atoms with Crippen LogP contribution < -0.4 is 20.3 Å². The molecule has 0 aromatic heterocycles. The molecule has 0 spiro atoms. The van der Waals surface area contributed by atoms with Crippen molar-refractivity contribution in [2.24, 2.45) is 0 Å². The van der Waals surface area contributed by atoms with Crippen LogP contribution in [0.3, 0.4) is 0 Å². The molecule has 2 aliphatic heterocycles. The molecule has 2 aliphatic rings. The molecule has 2 saturated heterocycles. The molecule has 0 radical (unpaired) electrons. The van der Waals surface area contributed by atoms with Crippen LogP contribution >= 0.6 is 0 Å². The van der Waals surface area contributed by atoms with Gasteiger partial charge in [-0.3, -0.25) is 14.5 Å². The molecule has 182 valence electrons. The Morgan fingerprint density at radius 2 is 1.76 bits per heavy atom. The molecule has 0 bridgehead atoms. The van der Waals surface area contributed by atoms with Crippen molar-refractivity contribution in [3.63, 3.8) is 0 Å². The van der Waals surface area contributed by atoms with Gasteiger partial charge in [-0.2, -0.15) is 0 Å². The molecule has 8 heteroatoms. The fourth-order valence-electron chi connectivity index (χ4n) is 4.34. The summed E-state index contributed by atoms with van der Waals surface area (Å²) in [6.07, 6.45) is 2.21. The van der Waals surface area contributed by atoms with Crippen molar-refractivity contribution >= 4 is 23.2 Å². The van der Waals surface area contributed by atoms with Gasteiger partial charge in [-0.05, 0) is 74.3 Å². The third-order valence-corrected chi connectivity index (χ3v) is 6.38. The van der Waals surface area contributed by atoms with Crippen LogP contribution in [-0.4, -0.2) is 75.8 Å². The summed E-state index contributed by atoms with van der Waals surface area (Å²) in [6.45, 7) is 6.25. The third kappa shape index (κ3) is 6.48. The summed E-state index contributed by atoms with van der Waals surface area (Å²) in [5, 5.41) is 5.84. The Morgan fingerprint density at radius 1 is 1.03 bits per heavy atom. The van der Waals surface area contributed by atoms with Crippen LogP contribution in [0.2, 0.25) is 0 Å². The summed E-state index contributed by atoms with van der Waals surface area (Å²) in [6, 6.07) is 15.2. The van der Waals surface area contributed by atoms with E-state index in [4.69, 9.17) is 9.47 Å². The van der Waals surface area contributed by atoms with Crippen molar-refractivity contribution in [1.82, 2.24) is 10.2 Å². The first-order valence-electron chi connectivity index (χ1n) is 12.0. The largest absolute Gasteiger partial charge is 0.497 e. The first kappa shape index (κ1) is 24.0. The molecule has 4 rings (SSSR count). The SMILES string of the molecule is COc1ccc(N2CCN(CCCNC(=O)c3ccc(NC(=O)[C@H]4CCCO4)cc3)CC2)cc1. The summed E-state index contributed by atoms with van der Waals surface area (Å²) in [7, 11) is 1.68. The molecule has 1 atom stereocenters. The van der Waals surface area contributed by atoms with Gasteiger partial charge >= 0.3 is 0 Å². The quantitative estimate of drug-likeness (QED) is 0.553. The van der Waals surface area contributed by atoms with E-state index in [1.165, 1.54) is 5.69 Å². The highest BCUT2D eigenvalue weighted by molar-refractivity contribution is 5.96. The van der Waals surface area contributed by atoms with Gasteiger partial charge in [-0.1, -0.05) is 0 Å². The number of ether oxygens (including phenoxy) is 2. The predicted molar refractivity (Wildman–Crippen MR) is 133 cm³/mol. The zero-order valence-corrected chi connectivity index (χ0v) is 19.8. The smallest absolute Gasteiger partial charge is 0.253 e. The van der Waals surface area contributed by atoms with E-state index in [0.29, 0.717) is 24.4 Å². The van der Waals surface area contributed by atoms with Crippen LogP contribution in [0.5, 0.6) is 5.75 Å². The number of benzene rings is 2. The van der Waals surface area contributed by atoms with Crippen molar-refractivity contribution in [2.45, 2.75) is 25.4 Å². The number of methoxy groups -OCH3 is 1. The zero-order chi connectivity index (χ0) is 23.8. The molecule has 0 unspecified atom stereocenters. The number of amides is 2. The van der Waals surface area contributed by atoms with Crippen LogP contribution in [0.4, 0.5) is 11.4 Å². The lowest BCUT2D eigenvalue weighted by Gasteiger charge is -2.36. The Bertz CT molecular complexity index is 934. The maximum absolute atomic E-state index is 12.4. The molecular formula is C26H34N4O4. The summed E-state index contributed by atoms with van der Waals surface area (Å²) in [4.78, 5) is 29.4. The molecule has 2 heterocycles. The highest BCUT2D eigenvalue weighted by Gasteiger charge is 2.23. The van der Waals surface area contributed by atoms with E-state index in [9.17, 15) is 9.59 Å². The summed E-state index contributed by atoms with van der Waals surface area (Å²) in [5.41, 5.74) is 2.49. The van der Waals surface area contributed by atoms with E-state index in [1.807, 2.05) is 12.1 Å². The van der Waals surface area contributed by atoms with Crippen LogP contribution in [-0.2, 0) is 9.53 Å². The Kier molecular flexibility index (Phi) is 8.38. The second kappa shape index (κ2) is 11.9. The molecule has 0 aliphatic carbocycles. The van der Waals surface area contributed by atoms with E-state index in [2.05, 4.69) is 32.6 Å². The standard InChI is InChI=1S/C26H34N4O4/c1-33-23-11-9-22(10-12-23)30-17-15-29(16-18-30)14-3-13-27-25(31)20-5-7-21(8-6-20)28-26(32)24-4-2-19-34-24/h5-12,24H,2-4,13-19H2,1H3,(H,27,31)(H,28,32)/t24-/m1/s1. The van der Waals surface area contributed by atoms with Crippen LogP contribution in [0.15, 0.2) is 48.5 Å². The van der Waals surface area contributed by atoms with Crippen molar-refractivity contribution in [1.29, 1.82) is 0 Å². The van der Waals surface area contributed by atoms with E-state index < -0.39 is 0 Å². The lowest BCUT2D eigenvalue weighted by molar-refractivity contribution is -0.124. The number of carbonyl (C=O) groups is 2. The van der Waals surface area contributed by atoms with Gasteiger partial charge in [-0.15, -0.1) is 0 Å². The maximum Gasteiger partial charge on any atom is 0.253 e. The third-order valence-electron chi connectivity index (χ3n) is 6.38. The maximum atomic E-state index is 12.4. The number of rotatable bonds is 9. The van der Waals surface area contributed by atoms with Gasteiger partial charge in [0.15, 0.2) is 0 Å². The average molecular weight is 467 g/mol. The van der Waals surface area contributed by atoms with Gasteiger partial charge in [0.1, 0.15) is 11.9 Å². The monoisotopic (exact) mass is 466 g/mol. The number of piperazine rings is 1. The summed E-state index contributed by atoms with van der Waals surface area (Å²) < 4.78 is 10.6. The Balaban J connectivity index is 1.12. The first-order chi connectivity index (χ1) is 16.6. The van der Waals surface area contributed by atoms with Crippen LogP contribution in [0, 0.1) is 0 Å². The lowest BCUT2D eigenvalue weighted by Crippen LogP contribution is -2.47. The minimum absolute atomic E-state index is 0.0960. The predicted octanol–water partition coefficient (Wildman–Crippen LogP) is 2.75. The number of carbonyl (C=O) groups excluding carboxylic acids is 2. The molecule has 2 N–H and O–H groups in total. The van der Waals surface area contributed by atoms with Gasteiger partial charge in [0, 0.05) is 56.3 Å². The number of hydrogen-bond donors (Lipinski definition) is 2. The van der Waals surface area contributed by atoms with Crippen molar-refractivity contribution in [3.05, 3.63) is 54.1 Å². The first-order valence-corrected chi connectivity index (χ1v) is 12.0. The van der Waals surface area contributed by atoms with E-state index >= 15 is 0 Å². The summed E-state index contributed by atoms with van der Waals surface area (Å²) >= 11 is 0. The van der Waals surface area contributed by atoms with Gasteiger partial charge < -0.3 is 25.0 Å². The second-order valence-electron chi connectivity index (χ2n) is 8.70. The highest BCUT2D eigenvalue weighted by atomic mass is 16.5. The normalized spacial score (nSPS) is 18.5. The minimum Gasteiger partial charge on any atom is -0.497 e. The number of anilines is 2. The molecule has 2 aromatic carbocycles. The lowest BCUT2D eigenvalue weighted by atomic mass is 10.1. The Labute approximate surface area is 201 Å². The van der Waals surface area contributed by atoms with E-state index in [-0.39, 0.29) is 17.9 Å². The Morgan fingerprint density at radius 3 is 2.41 bits per heavy atom.